The maximum Gasteiger partial charge on any atom is 0.300 e. The standard InChI is InChI=1S/C14H27NO4.C2H4O2/c1-6-10(16)7-12(17)19-11-8-13(2,3)15(18)14(4,5)9-11;1-2(3)4/h11-12,17-18H,6-9H2,1-5H3;1H3,(H,3,4). The molecule has 23 heavy (non-hydrogen) atoms. The second-order valence-electron chi connectivity index (χ2n) is 7.17. The molecule has 3 N–H and O–H groups in total. The third-order valence-corrected chi connectivity index (χ3v) is 3.75. The molecule has 7 heteroatoms. The molecular formula is C16H31NO6. The van der Waals surface area contributed by atoms with Crippen LogP contribution in [-0.4, -0.2) is 55.7 Å². The monoisotopic (exact) mass is 333 g/mol. The molecule has 0 saturated carbocycles. The average molecular weight is 333 g/mol. The summed E-state index contributed by atoms with van der Waals surface area (Å²) in [6.07, 6.45) is 0.472. The zero-order valence-electron chi connectivity index (χ0n) is 15.0. The number of aliphatic hydroxyl groups is 1. The van der Waals surface area contributed by atoms with Crippen LogP contribution < -0.4 is 0 Å². The SMILES string of the molecule is CC(=O)O.CCC(=O)CC(O)OC1CC(C)(C)N(O)C(C)(C)C1. The predicted octanol–water partition coefficient (Wildman–Crippen LogP) is 2.19. The summed E-state index contributed by atoms with van der Waals surface area (Å²) in [4.78, 5) is 20.3. The summed E-state index contributed by atoms with van der Waals surface area (Å²) in [5.41, 5.74) is -0.832. The molecule has 0 radical (unpaired) electrons. The normalized spacial score (nSPS) is 21.9. The van der Waals surface area contributed by atoms with Gasteiger partial charge in [0.05, 0.1) is 12.5 Å². The first-order chi connectivity index (χ1) is 10.3. The molecule has 1 saturated heterocycles. The molecule has 1 aliphatic rings. The second-order valence-corrected chi connectivity index (χ2v) is 7.17. The molecule has 0 aliphatic carbocycles. The minimum absolute atomic E-state index is 0.00869. The average Bonchev–Trinajstić information content (AvgIpc) is 2.34. The highest BCUT2D eigenvalue weighted by atomic mass is 16.6. The summed E-state index contributed by atoms with van der Waals surface area (Å²) in [5, 5.41) is 28.7. The molecule has 1 rings (SSSR count). The lowest BCUT2D eigenvalue weighted by Crippen LogP contribution is -2.60. The van der Waals surface area contributed by atoms with Crippen LogP contribution >= 0.6 is 0 Å². The predicted molar refractivity (Wildman–Crippen MR) is 85.1 cm³/mol. The number of carboxylic acid groups (broad SMARTS) is 1. The molecule has 136 valence electrons. The molecule has 1 unspecified atom stereocenters. The lowest BCUT2D eigenvalue weighted by Gasteiger charge is -2.51. The molecule has 1 fully saturated rings. The Morgan fingerprint density at radius 2 is 1.61 bits per heavy atom. The summed E-state index contributed by atoms with van der Waals surface area (Å²) < 4.78 is 5.58. The second kappa shape index (κ2) is 8.73. The number of rotatable bonds is 5. The molecular weight excluding hydrogens is 302 g/mol. The van der Waals surface area contributed by atoms with E-state index in [1.54, 1.807) is 6.92 Å². The highest BCUT2D eigenvalue weighted by molar-refractivity contribution is 5.78. The molecule has 1 aliphatic heterocycles. The van der Waals surface area contributed by atoms with Crippen LogP contribution in [0, 0.1) is 0 Å². The zero-order valence-corrected chi connectivity index (χ0v) is 15.0. The highest BCUT2D eigenvalue weighted by Crippen LogP contribution is 2.38. The van der Waals surface area contributed by atoms with Crippen molar-refractivity contribution in [3.05, 3.63) is 0 Å². The van der Waals surface area contributed by atoms with E-state index in [9.17, 15) is 15.1 Å². The number of Topliss-reactive ketones (excluding diaryl/α,β-unsaturated/α-hetero) is 1. The quantitative estimate of drug-likeness (QED) is 0.662. The van der Waals surface area contributed by atoms with Crippen LogP contribution in [0.3, 0.4) is 0 Å². The maximum atomic E-state index is 11.3. The number of hydrogen-bond acceptors (Lipinski definition) is 6. The molecule has 0 spiro atoms. The van der Waals surface area contributed by atoms with Crippen LogP contribution in [0.5, 0.6) is 0 Å². The first kappa shape index (κ1) is 22.0. The van der Waals surface area contributed by atoms with Crippen LogP contribution in [0.15, 0.2) is 0 Å². The van der Waals surface area contributed by atoms with E-state index in [-0.39, 0.29) is 18.3 Å². The van der Waals surface area contributed by atoms with Gasteiger partial charge in [0.1, 0.15) is 5.78 Å². The Kier molecular flexibility index (Phi) is 8.34. The largest absolute Gasteiger partial charge is 0.481 e. The van der Waals surface area contributed by atoms with E-state index in [0.29, 0.717) is 19.3 Å². The van der Waals surface area contributed by atoms with Crippen LogP contribution in [-0.2, 0) is 14.3 Å². The first-order valence-electron chi connectivity index (χ1n) is 7.85. The van der Waals surface area contributed by atoms with E-state index in [2.05, 4.69) is 0 Å². The third-order valence-electron chi connectivity index (χ3n) is 3.75. The first-order valence-corrected chi connectivity index (χ1v) is 7.85. The van der Waals surface area contributed by atoms with E-state index in [1.165, 1.54) is 5.06 Å². The van der Waals surface area contributed by atoms with E-state index >= 15 is 0 Å². The number of ketones is 1. The van der Waals surface area contributed by atoms with E-state index in [4.69, 9.17) is 14.6 Å². The number of piperidine rings is 1. The van der Waals surface area contributed by atoms with Gasteiger partial charge >= 0.3 is 0 Å². The Morgan fingerprint density at radius 3 is 1.96 bits per heavy atom. The summed E-state index contributed by atoms with van der Waals surface area (Å²) in [6.45, 7) is 10.6. The Morgan fingerprint density at radius 1 is 1.22 bits per heavy atom. The summed E-state index contributed by atoms with van der Waals surface area (Å²) in [5.74, 6) is -0.842. The molecule has 0 aromatic heterocycles. The smallest absolute Gasteiger partial charge is 0.300 e. The third kappa shape index (κ3) is 7.87. The Labute approximate surface area is 138 Å². The van der Waals surface area contributed by atoms with Crippen molar-refractivity contribution in [2.24, 2.45) is 0 Å². The lowest BCUT2D eigenvalue weighted by molar-refractivity contribution is -0.273. The van der Waals surface area contributed by atoms with Crippen molar-refractivity contribution in [1.29, 1.82) is 0 Å². The van der Waals surface area contributed by atoms with E-state index in [0.717, 1.165) is 6.92 Å². The van der Waals surface area contributed by atoms with Gasteiger partial charge in [-0.2, -0.15) is 5.06 Å². The number of carbonyl (C=O) groups is 2. The van der Waals surface area contributed by atoms with Crippen molar-refractivity contribution in [3.63, 3.8) is 0 Å². The van der Waals surface area contributed by atoms with Gasteiger partial charge < -0.3 is 20.2 Å². The maximum absolute atomic E-state index is 11.3. The fraction of sp³-hybridized carbons (Fsp3) is 0.875. The topological polar surface area (TPSA) is 107 Å². The van der Waals surface area contributed by atoms with E-state index < -0.39 is 23.3 Å². The number of nitrogens with zero attached hydrogens (tertiary/aromatic N) is 1. The van der Waals surface area contributed by atoms with Gasteiger partial charge in [-0.15, -0.1) is 0 Å². The van der Waals surface area contributed by atoms with Crippen LogP contribution in [0.4, 0.5) is 0 Å². The summed E-state index contributed by atoms with van der Waals surface area (Å²) in [7, 11) is 0. The summed E-state index contributed by atoms with van der Waals surface area (Å²) in [6, 6.07) is 0. The van der Waals surface area contributed by atoms with Gasteiger partial charge in [-0.3, -0.25) is 9.59 Å². The van der Waals surface area contributed by atoms with Crippen LogP contribution in [0.2, 0.25) is 0 Å². The lowest BCUT2D eigenvalue weighted by atomic mass is 9.80. The van der Waals surface area contributed by atoms with Crippen molar-refractivity contribution < 1.29 is 29.7 Å². The van der Waals surface area contributed by atoms with Crippen LogP contribution in [0.1, 0.15) is 67.2 Å². The van der Waals surface area contributed by atoms with Gasteiger partial charge in [0, 0.05) is 24.4 Å². The van der Waals surface area contributed by atoms with Crippen molar-refractivity contribution in [2.45, 2.75) is 90.7 Å². The number of carboxylic acids is 1. The van der Waals surface area contributed by atoms with Gasteiger partial charge in [-0.25, -0.2) is 0 Å². The molecule has 1 heterocycles. The fourth-order valence-electron chi connectivity index (χ4n) is 2.88. The van der Waals surface area contributed by atoms with Crippen LogP contribution in [0.25, 0.3) is 0 Å². The number of ether oxygens (including phenoxy) is 1. The molecule has 0 amide bonds. The minimum atomic E-state index is -1.05. The number of hydrogen-bond donors (Lipinski definition) is 3. The molecule has 0 bridgehead atoms. The molecule has 0 aromatic rings. The van der Waals surface area contributed by atoms with Gasteiger partial charge in [0.15, 0.2) is 6.29 Å². The number of carbonyl (C=O) groups excluding carboxylic acids is 1. The van der Waals surface area contributed by atoms with Gasteiger partial charge in [0.25, 0.3) is 5.97 Å². The van der Waals surface area contributed by atoms with Crippen molar-refractivity contribution in [3.8, 4) is 0 Å². The minimum Gasteiger partial charge on any atom is -0.481 e. The van der Waals surface area contributed by atoms with Gasteiger partial charge in [-0.05, 0) is 40.5 Å². The Hall–Kier alpha value is -1.02. The number of hydroxylamine groups is 2. The highest BCUT2D eigenvalue weighted by Gasteiger charge is 2.45. The Balaban J connectivity index is 0.00000108. The fourth-order valence-corrected chi connectivity index (χ4v) is 2.88. The van der Waals surface area contributed by atoms with Gasteiger partial charge in [-0.1, -0.05) is 6.92 Å². The number of aliphatic hydroxyl groups excluding tert-OH is 1. The van der Waals surface area contributed by atoms with Crippen molar-refractivity contribution in [2.75, 3.05) is 0 Å². The number of aliphatic carboxylic acids is 1. The molecule has 1 atom stereocenters. The van der Waals surface area contributed by atoms with E-state index in [1.807, 2.05) is 27.7 Å². The molecule has 7 nitrogen and oxygen atoms in total. The molecule has 0 aromatic carbocycles. The summed E-state index contributed by atoms with van der Waals surface area (Å²) >= 11 is 0. The zero-order chi connectivity index (χ0) is 18.4. The van der Waals surface area contributed by atoms with Gasteiger partial charge in [0.2, 0.25) is 0 Å². The van der Waals surface area contributed by atoms with Crippen molar-refractivity contribution >= 4 is 11.8 Å². The Bertz CT molecular complexity index is 385. The van der Waals surface area contributed by atoms with Crippen molar-refractivity contribution in [1.82, 2.24) is 5.06 Å².